The number of nitrogens with one attached hydrogen (secondary N) is 2. The quantitative estimate of drug-likeness (QED) is 0.722. The van der Waals surface area contributed by atoms with Gasteiger partial charge in [0.15, 0.2) is 0 Å². The Kier molecular flexibility index (Phi) is 4.96. The molecular weight excluding hydrogens is 318 g/mol. The lowest BCUT2D eigenvalue weighted by molar-refractivity contribution is -0.115. The average molecular weight is 339 g/mol. The number of benzene rings is 1. The standard InChI is InChI=1S/C15H21N3O4S/c19-15-11-12-10-13(2-3-14(12)17-15)23(20,21)16-4-1-5-18-6-8-22-9-7-18/h2-3,10,16H,1,4-9,11H2,(H,17,19). The fraction of sp³-hybridized carbons (Fsp3) is 0.533. The molecule has 3 rings (SSSR count). The summed E-state index contributed by atoms with van der Waals surface area (Å²) in [6, 6.07) is 4.73. The minimum absolute atomic E-state index is 0.104. The van der Waals surface area contributed by atoms with Crippen molar-refractivity contribution in [3.05, 3.63) is 23.8 Å². The minimum atomic E-state index is -3.53. The SMILES string of the molecule is O=C1Cc2cc(S(=O)(=O)NCCCN3CCOCC3)ccc2N1. The van der Waals surface area contributed by atoms with Crippen LogP contribution in [0.4, 0.5) is 5.69 Å². The summed E-state index contributed by atoms with van der Waals surface area (Å²) < 4.78 is 32.5. The van der Waals surface area contributed by atoms with Crippen molar-refractivity contribution in [2.75, 3.05) is 44.7 Å². The zero-order valence-electron chi connectivity index (χ0n) is 12.9. The first-order chi connectivity index (χ1) is 11.0. The largest absolute Gasteiger partial charge is 0.379 e. The summed E-state index contributed by atoms with van der Waals surface area (Å²) in [6.07, 6.45) is 0.986. The molecule has 0 radical (unpaired) electrons. The summed E-state index contributed by atoms with van der Waals surface area (Å²) >= 11 is 0. The predicted molar refractivity (Wildman–Crippen MR) is 85.8 cm³/mol. The Labute approximate surface area is 136 Å². The minimum Gasteiger partial charge on any atom is -0.379 e. The number of carbonyl (C=O) groups excluding carboxylic acids is 1. The molecule has 0 saturated carbocycles. The summed E-state index contributed by atoms with van der Waals surface area (Å²) in [6.45, 7) is 4.54. The number of amides is 1. The molecule has 126 valence electrons. The lowest BCUT2D eigenvalue weighted by Crippen LogP contribution is -2.38. The molecule has 8 heteroatoms. The van der Waals surface area contributed by atoms with Crippen LogP contribution in [0.25, 0.3) is 0 Å². The second-order valence-electron chi connectivity index (χ2n) is 5.75. The third-order valence-electron chi connectivity index (χ3n) is 4.06. The Bertz CT molecular complexity index is 684. The Morgan fingerprint density at radius 2 is 2.04 bits per heavy atom. The number of nitrogens with zero attached hydrogens (tertiary/aromatic N) is 1. The molecule has 7 nitrogen and oxygen atoms in total. The number of hydrogen-bond donors (Lipinski definition) is 2. The fourth-order valence-corrected chi connectivity index (χ4v) is 3.91. The Hall–Kier alpha value is -1.48. The average Bonchev–Trinajstić information content (AvgIpc) is 2.92. The van der Waals surface area contributed by atoms with E-state index in [-0.39, 0.29) is 17.2 Å². The van der Waals surface area contributed by atoms with E-state index in [1.807, 2.05) is 0 Å². The molecule has 0 atom stereocenters. The van der Waals surface area contributed by atoms with Gasteiger partial charge < -0.3 is 10.1 Å². The number of rotatable bonds is 6. The van der Waals surface area contributed by atoms with Gasteiger partial charge in [0.1, 0.15) is 0 Å². The smallest absolute Gasteiger partial charge is 0.240 e. The van der Waals surface area contributed by atoms with Crippen LogP contribution in [-0.2, 0) is 26.0 Å². The molecule has 0 aliphatic carbocycles. The van der Waals surface area contributed by atoms with Gasteiger partial charge in [0.25, 0.3) is 0 Å². The van der Waals surface area contributed by atoms with E-state index in [0.717, 1.165) is 44.8 Å². The van der Waals surface area contributed by atoms with E-state index in [1.54, 1.807) is 12.1 Å². The predicted octanol–water partition coefficient (Wildman–Crippen LogP) is 0.182. The van der Waals surface area contributed by atoms with Crippen LogP contribution >= 0.6 is 0 Å². The topological polar surface area (TPSA) is 87.7 Å². The summed E-state index contributed by atoms with van der Waals surface area (Å²) in [4.78, 5) is 13.8. The maximum atomic E-state index is 12.3. The van der Waals surface area contributed by atoms with Gasteiger partial charge in [-0.25, -0.2) is 13.1 Å². The molecule has 2 aliphatic rings. The van der Waals surface area contributed by atoms with E-state index < -0.39 is 10.0 Å². The Balaban J connectivity index is 1.53. The molecule has 1 aromatic rings. The molecule has 2 heterocycles. The maximum absolute atomic E-state index is 12.3. The first-order valence-corrected chi connectivity index (χ1v) is 9.25. The van der Waals surface area contributed by atoms with Gasteiger partial charge in [0, 0.05) is 25.3 Å². The summed E-state index contributed by atoms with van der Waals surface area (Å²) in [5.41, 5.74) is 1.42. The number of morpholine rings is 1. The van der Waals surface area contributed by atoms with E-state index in [9.17, 15) is 13.2 Å². The van der Waals surface area contributed by atoms with Crippen LogP contribution in [0.5, 0.6) is 0 Å². The van der Waals surface area contributed by atoms with E-state index >= 15 is 0 Å². The van der Waals surface area contributed by atoms with Crippen LogP contribution in [-0.4, -0.2) is 58.6 Å². The molecule has 1 amide bonds. The lowest BCUT2D eigenvalue weighted by atomic mass is 10.2. The second-order valence-corrected chi connectivity index (χ2v) is 7.52. The number of sulfonamides is 1. The highest BCUT2D eigenvalue weighted by atomic mass is 32.2. The first-order valence-electron chi connectivity index (χ1n) is 7.77. The molecule has 0 aromatic heterocycles. The van der Waals surface area contributed by atoms with Gasteiger partial charge in [0.2, 0.25) is 15.9 Å². The molecule has 1 fully saturated rings. The summed E-state index contributed by atoms with van der Waals surface area (Å²) in [5.74, 6) is -0.104. The zero-order valence-corrected chi connectivity index (χ0v) is 13.7. The highest BCUT2D eigenvalue weighted by molar-refractivity contribution is 7.89. The van der Waals surface area contributed by atoms with Gasteiger partial charge in [0.05, 0.1) is 24.5 Å². The summed E-state index contributed by atoms with van der Waals surface area (Å²) in [7, 11) is -3.53. The van der Waals surface area contributed by atoms with Crippen LogP contribution < -0.4 is 10.0 Å². The van der Waals surface area contributed by atoms with Crippen molar-refractivity contribution < 1.29 is 17.9 Å². The third kappa shape index (κ3) is 4.08. The number of carbonyl (C=O) groups is 1. The highest BCUT2D eigenvalue weighted by Crippen LogP contribution is 2.25. The Morgan fingerprint density at radius 3 is 2.83 bits per heavy atom. The highest BCUT2D eigenvalue weighted by Gasteiger charge is 2.21. The van der Waals surface area contributed by atoms with Crippen molar-refractivity contribution in [2.24, 2.45) is 0 Å². The molecule has 23 heavy (non-hydrogen) atoms. The summed E-state index contributed by atoms with van der Waals surface area (Å²) in [5, 5.41) is 2.69. The molecule has 1 saturated heterocycles. The molecule has 2 aliphatic heterocycles. The molecule has 0 bridgehead atoms. The van der Waals surface area contributed by atoms with Crippen LogP contribution in [0.15, 0.2) is 23.1 Å². The monoisotopic (exact) mass is 339 g/mol. The third-order valence-corrected chi connectivity index (χ3v) is 5.52. The molecular formula is C15H21N3O4S. The van der Waals surface area contributed by atoms with Crippen molar-refractivity contribution in [3.8, 4) is 0 Å². The van der Waals surface area contributed by atoms with Gasteiger partial charge in [-0.15, -0.1) is 0 Å². The van der Waals surface area contributed by atoms with Crippen LogP contribution in [0.1, 0.15) is 12.0 Å². The van der Waals surface area contributed by atoms with Crippen molar-refractivity contribution in [2.45, 2.75) is 17.7 Å². The van der Waals surface area contributed by atoms with E-state index in [4.69, 9.17) is 4.74 Å². The maximum Gasteiger partial charge on any atom is 0.240 e. The van der Waals surface area contributed by atoms with E-state index in [2.05, 4.69) is 14.9 Å². The first kappa shape index (κ1) is 16.4. The van der Waals surface area contributed by atoms with Crippen LogP contribution in [0.3, 0.4) is 0 Å². The Morgan fingerprint density at radius 1 is 1.26 bits per heavy atom. The van der Waals surface area contributed by atoms with Crippen molar-refractivity contribution in [1.29, 1.82) is 0 Å². The fourth-order valence-electron chi connectivity index (χ4n) is 2.79. The van der Waals surface area contributed by atoms with Crippen molar-refractivity contribution >= 4 is 21.6 Å². The van der Waals surface area contributed by atoms with Gasteiger partial charge >= 0.3 is 0 Å². The van der Waals surface area contributed by atoms with Gasteiger partial charge in [-0.2, -0.15) is 0 Å². The number of ether oxygens (including phenoxy) is 1. The zero-order chi connectivity index (χ0) is 16.3. The number of anilines is 1. The van der Waals surface area contributed by atoms with Crippen molar-refractivity contribution in [1.82, 2.24) is 9.62 Å². The lowest BCUT2D eigenvalue weighted by Gasteiger charge is -2.26. The van der Waals surface area contributed by atoms with Gasteiger partial charge in [-0.05, 0) is 36.7 Å². The number of fused-ring (bicyclic) bond motifs is 1. The van der Waals surface area contributed by atoms with E-state index in [1.165, 1.54) is 6.07 Å². The molecule has 0 unspecified atom stereocenters. The van der Waals surface area contributed by atoms with E-state index in [0.29, 0.717) is 12.2 Å². The number of hydrogen-bond acceptors (Lipinski definition) is 5. The van der Waals surface area contributed by atoms with Gasteiger partial charge in [-0.1, -0.05) is 0 Å². The second kappa shape index (κ2) is 6.96. The van der Waals surface area contributed by atoms with Gasteiger partial charge in [-0.3, -0.25) is 9.69 Å². The van der Waals surface area contributed by atoms with Crippen molar-refractivity contribution in [3.63, 3.8) is 0 Å². The normalized spacial score (nSPS) is 18.7. The van der Waals surface area contributed by atoms with Crippen LogP contribution in [0.2, 0.25) is 0 Å². The molecule has 2 N–H and O–H groups in total. The van der Waals surface area contributed by atoms with Crippen LogP contribution in [0, 0.1) is 0 Å². The molecule has 1 aromatic carbocycles. The molecule has 0 spiro atoms.